The Labute approximate surface area is 160 Å². The van der Waals surface area contributed by atoms with Crippen LogP contribution in [0.2, 0.25) is 0 Å². The minimum Gasteiger partial charge on any atom is -0.362 e. The number of halogens is 3. The average Bonchev–Trinajstić information content (AvgIpc) is 2.67. The van der Waals surface area contributed by atoms with Gasteiger partial charge in [0.25, 0.3) is 0 Å². The van der Waals surface area contributed by atoms with Gasteiger partial charge in [0.15, 0.2) is 0 Å². The monoisotopic (exact) mass is 392 g/mol. The van der Waals surface area contributed by atoms with Crippen molar-refractivity contribution < 1.29 is 27.5 Å². The number of nitrogens with zero attached hydrogens (tertiary/aromatic N) is 1. The van der Waals surface area contributed by atoms with Gasteiger partial charge in [0.05, 0.1) is 5.56 Å². The number of amides is 2. The van der Waals surface area contributed by atoms with Crippen LogP contribution in [-0.4, -0.2) is 36.5 Å². The predicted octanol–water partition coefficient (Wildman–Crippen LogP) is 3.25. The average molecular weight is 392 g/mol. The quantitative estimate of drug-likeness (QED) is 0.850. The molecule has 1 heterocycles. The van der Waals surface area contributed by atoms with E-state index >= 15 is 0 Å². The highest BCUT2D eigenvalue weighted by Gasteiger charge is 2.30. The lowest BCUT2D eigenvalue weighted by atomic mass is 10.00. The molecule has 28 heavy (non-hydrogen) atoms. The first-order valence-electron chi connectivity index (χ1n) is 8.72. The molecule has 1 aliphatic rings. The lowest BCUT2D eigenvalue weighted by Crippen LogP contribution is -2.38. The smallest absolute Gasteiger partial charge is 0.362 e. The summed E-state index contributed by atoms with van der Waals surface area (Å²) in [6.45, 7) is 0.384. The van der Waals surface area contributed by atoms with Crippen molar-refractivity contribution in [3.63, 3.8) is 0 Å². The fraction of sp³-hybridized carbons (Fsp3) is 0.300. The van der Waals surface area contributed by atoms with Crippen LogP contribution in [-0.2, 0) is 33.5 Å². The molecule has 5 nitrogen and oxygen atoms in total. The Kier molecular flexibility index (Phi) is 5.99. The molecule has 0 fully saturated rings. The third-order valence-corrected chi connectivity index (χ3v) is 4.42. The van der Waals surface area contributed by atoms with E-state index in [0.29, 0.717) is 13.1 Å². The van der Waals surface area contributed by atoms with Crippen molar-refractivity contribution in [1.29, 1.82) is 0 Å². The molecule has 2 aromatic rings. The first-order chi connectivity index (χ1) is 13.3. The zero-order valence-corrected chi connectivity index (χ0v) is 15.0. The van der Waals surface area contributed by atoms with Gasteiger partial charge in [0.2, 0.25) is 11.8 Å². The first kappa shape index (κ1) is 19.9. The number of ether oxygens (including phenoxy) is 1. The van der Waals surface area contributed by atoms with E-state index in [0.717, 1.165) is 24.1 Å². The Bertz CT molecular complexity index is 868. The van der Waals surface area contributed by atoms with Crippen LogP contribution >= 0.6 is 0 Å². The molecule has 148 valence electrons. The highest BCUT2D eigenvalue weighted by molar-refractivity contribution is 5.92. The van der Waals surface area contributed by atoms with E-state index in [-0.39, 0.29) is 18.2 Å². The SMILES string of the molecule is O=C(COCC(=O)N1CCc2ccccc2C1)Nc1cccc(C(F)(F)F)c1. The van der Waals surface area contributed by atoms with Crippen LogP contribution in [0.25, 0.3) is 0 Å². The normalized spacial score (nSPS) is 13.8. The molecule has 0 unspecified atom stereocenters. The molecule has 0 saturated carbocycles. The summed E-state index contributed by atoms with van der Waals surface area (Å²) in [5, 5.41) is 2.33. The van der Waals surface area contributed by atoms with Crippen LogP contribution in [0.1, 0.15) is 16.7 Å². The zero-order valence-electron chi connectivity index (χ0n) is 15.0. The summed E-state index contributed by atoms with van der Waals surface area (Å²) in [6, 6.07) is 12.2. The van der Waals surface area contributed by atoms with E-state index < -0.39 is 24.3 Å². The molecular formula is C20H19F3N2O3. The minimum absolute atomic E-state index is 0.0161. The Morgan fingerprint density at radius 1 is 1.04 bits per heavy atom. The third-order valence-electron chi connectivity index (χ3n) is 4.42. The minimum atomic E-state index is -4.49. The highest BCUT2D eigenvalue weighted by atomic mass is 19.4. The van der Waals surface area contributed by atoms with Gasteiger partial charge in [0, 0.05) is 18.8 Å². The molecule has 0 spiro atoms. The second kappa shape index (κ2) is 8.43. The second-order valence-electron chi connectivity index (χ2n) is 6.45. The van der Waals surface area contributed by atoms with Crippen molar-refractivity contribution in [2.24, 2.45) is 0 Å². The van der Waals surface area contributed by atoms with Crippen LogP contribution in [0.5, 0.6) is 0 Å². The van der Waals surface area contributed by atoms with E-state index in [1.807, 2.05) is 24.3 Å². The number of hydrogen-bond acceptors (Lipinski definition) is 3. The van der Waals surface area contributed by atoms with Gasteiger partial charge in [-0.2, -0.15) is 13.2 Å². The number of hydrogen-bond donors (Lipinski definition) is 1. The van der Waals surface area contributed by atoms with Crippen molar-refractivity contribution in [2.45, 2.75) is 19.1 Å². The Morgan fingerprint density at radius 3 is 2.54 bits per heavy atom. The number of nitrogens with one attached hydrogen (secondary N) is 1. The molecule has 0 saturated heterocycles. The Hall–Kier alpha value is -2.87. The van der Waals surface area contributed by atoms with E-state index in [1.165, 1.54) is 17.7 Å². The first-order valence-corrected chi connectivity index (χ1v) is 8.72. The predicted molar refractivity (Wildman–Crippen MR) is 96.5 cm³/mol. The molecular weight excluding hydrogens is 373 g/mol. The summed E-state index contributed by atoms with van der Waals surface area (Å²) in [6.07, 6.45) is -3.73. The topological polar surface area (TPSA) is 58.6 Å². The van der Waals surface area contributed by atoms with E-state index in [1.54, 1.807) is 4.90 Å². The summed E-state index contributed by atoms with van der Waals surface area (Å²) in [7, 11) is 0. The van der Waals surface area contributed by atoms with Crippen molar-refractivity contribution in [1.82, 2.24) is 4.90 Å². The van der Waals surface area contributed by atoms with Crippen LogP contribution in [0.4, 0.5) is 18.9 Å². The molecule has 2 amide bonds. The molecule has 1 N–H and O–H groups in total. The lowest BCUT2D eigenvalue weighted by molar-refractivity contribution is -0.139. The van der Waals surface area contributed by atoms with E-state index in [2.05, 4.69) is 5.32 Å². The van der Waals surface area contributed by atoms with Gasteiger partial charge in [-0.1, -0.05) is 30.3 Å². The molecule has 1 aliphatic heterocycles. The fourth-order valence-electron chi connectivity index (χ4n) is 3.00. The lowest BCUT2D eigenvalue weighted by Gasteiger charge is -2.28. The summed E-state index contributed by atoms with van der Waals surface area (Å²) >= 11 is 0. The number of fused-ring (bicyclic) bond motifs is 1. The zero-order chi connectivity index (χ0) is 20.1. The van der Waals surface area contributed by atoms with Crippen LogP contribution < -0.4 is 5.32 Å². The molecule has 0 atom stereocenters. The van der Waals surface area contributed by atoms with Gasteiger partial charge in [0.1, 0.15) is 13.2 Å². The molecule has 0 aromatic heterocycles. The van der Waals surface area contributed by atoms with Crippen molar-refractivity contribution in [3.05, 3.63) is 65.2 Å². The van der Waals surface area contributed by atoms with Crippen molar-refractivity contribution >= 4 is 17.5 Å². The maximum atomic E-state index is 12.7. The van der Waals surface area contributed by atoms with Gasteiger partial charge in [-0.3, -0.25) is 9.59 Å². The third kappa shape index (κ3) is 5.10. The Balaban J connectivity index is 1.45. The molecule has 0 aliphatic carbocycles. The van der Waals surface area contributed by atoms with E-state index in [4.69, 9.17) is 4.74 Å². The molecule has 0 bridgehead atoms. The number of anilines is 1. The largest absolute Gasteiger partial charge is 0.416 e. The van der Waals surface area contributed by atoms with Crippen molar-refractivity contribution in [3.8, 4) is 0 Å². The number of benzene rings is 2. The summed E-state index contributed by atoms with van der Waals surface area (Å²) in [4.78, 5) is 25.8. The molecule has 3 rings (SSSR count). The van der Waals surface area contributed by atoms with Crippen molar-refractivity contribution in [2.75, 3.05) is 25.1 Å². The number of carbonyl (C=O) groups excluding carboxylic acids is 2. The maximum absolute atomic E-state index is 12.7. The van der Waals surface area contributed by atoms with Crippen LogP contribution in [0.15, 0.2) is 48.5 Å². The maximum Gasteiger partial charge on any atom is 0.416 e. The second-order valence-corrected chi connectivity index (χ2v) is 6.45. The molecule has 8 heteroatoms. The molecule has 2 aromatic carbocycles. The van der Waals surface area contributed by atoms with Gasteiger partial charge in [-0.25, -0.2) is 0 Å². The summed E-state index contributed by atoms with van der Waals surface area (Å²) < 4.78 is 43.2. The molecule has 0 radical (unpaired) electrons. The van der Waals surface area contributed by atoms with Gasteiger partial charge in [-0.05, 0) is 35.7 Å². The van der Waals surface area contributed by atoms with Crippen LogP contribution in [0.3, 0.4) is 0 Å². The van der Waals surface area contributed by atoms with Gasteiger partial charge >= 0.3 is 6.18 Å². The standard InChI is InChI=1S/C20H19F3N2O3/c21-20(22,23)16-6-3-7-17(10-16)24-18(26)12-28-13-19(27)25-9-8-14-4-1-2-5-15(14)11-25/h1-7,10H,8-9,11-13H2,(H,24,26). The Morgan fingerprint density at radius 2 is 1.79 bits per heavy atom. The van der Waals surface area contributed by atoms with Gasteiger partial charge in [-0.15, -0.1) is 0 Å². The fourth-order valence-corrected chi connectivity index (χ4v) is 3.00. The summed E-state index contributed by atoms with van der Waals surface area (Å²) in [5.74, 6) is -0.863. The highest BCUT2D eigenvalue weighted by Crippen LogP contribution is 2.30. The number of rotatable bonds is 5. The number of carbonyl (C=O) groups is 2. The summed E-state index contributed by atoms with van der Waals surface area (Å²) in [5.41, 5.74) is 1.46. The number of alkyl halides is 3. The van der Waals surface area contributed by atoms with Gasteiger partial charge < -0.3 is 15.0 Å². The van der Waals surface area contributed by atoms with Crippen LogP contribution in [0, 0.1) is 0 Å². The van der Waals surface area contributed by atoms with E-state index in [9.17, 15) is 22.8 Å².